The van der Waals surface area contributed by atoms with Crippen LogP contribution in [0.25, 0.3) is 0 Å². The number of phenolic OH excluding ortho intramolecular Hbond substituents is 1. The molecular weight excluding hydrogens is 314 g/mol. The van der Waals surface area contributed by atoms with Crippen LogP contribution in [0.5, 0.6) is 5.75 Å². The summed E-state index contributed by atoms with van der Waals surface area (Å²) in [6, 6.07) is 4.64. The molecule has 1 saturated carbocycles. The van der Waals surface area contributed by atoms with Crippen molar-refractivity contribution in [2.75, 3.05) is 0 Å². The second-order valence-corrected chi connectivity index (χ2v) is 9.64. The van der Waals surface area contributed by atoms with E-state index in [1.807, 2.05) is 0 Å². The van der Waals surface area contributed by atoms with Gasteiger partial charge in [-0.25, -0.2) is 0 Å². The monoisotopic (exact) mass is 347 g/mol. The maximum Gasteiger partial charge on any atom is 0.123 e. The Bertz CT molecular complexity index is 566. The highest BCUT2D eigenvalue weighted by Gasteiger charge is 2.27. The van der Waals surface area contributed by atoms with E-state index in [0.717, 1.165) is 21.7 Å². The van der Waals surface area contributed by atoms with Gasteiger partial charge in [0.05, 0.1) is 0 Å². The molecule has 0 aromatic heterocycles. The van der Waals surface area contributed by atoms with Crippen molar-refractivity contribution in [1.29, 1.82) is 0 Å². The molecule has 1 aliphatic carbocycles. The summed E-state index contributed by atoms with van der Waals surface area (Å²) in [6.45, 7) is 12.8. The van der Waals surface area contributed by atoms with E-state index in [0.29, 0.717) is 11.8 Å². The molecule has 1 aromatic carbocycles. The average Bonchev–Trinajstić information content (AvgIpc) is 2.46. The third kappa shape index (κ3) is 4.50. The number of nitrogens with one attached hydrogen (secondary N) is 1. The van der Waals surface area contributed by atoms with Crippen molar-refractivity contribution in [3.63, 3.8) is 0 Å². The van der Waals surface area contributed by atoms with Gasteiger partial charge in [0, 0.05) is 22.7 Å². The molecule has 1 fully saturated rings. The van der Waals surface area contributed by atoms with E-state index in [9.17, 15) is 5.11 Å². The molecule has 0 radical (unpaired) electrons. The highest BCUT2D eigenvalue weighted by Crippen LogP contribution is 2.39. The number of benzene rings is 1. The Balaban J connectivity index is 2.40. The van der Waals surface area contributed by atoms with Gasteiger partial charge in [-0.1, -0.05) is 73.0 Å². The second kappa shape index (κ2) is 7.03. The van der Waals surface area contributed by atoms with Crippen LogP contribution in [0.3, 0.4) is 0 Å². The fraction of sp³-hybridized carbons (Fsp3) is 0.667. The van der Waals surface area contributed by atoms with E-state index in [2.05, 4.69) is 59.0 Å². The molecule has 134 valence electrons. The van der Waals surface area contributed by atoms with E-state index in [-0.39, 0.29) is 10.8 Å². The lowest BCUT2D eigenvalue weighted by Gasteiger charge is -2.29. The summed E-state index contributed by atoms with van der Waals surface area (Å²) < 4.78 is 0. The zero-order valence-corrected chi connectivity index (χ0v) is 16.9. The summed E-state index contributed by atoms with van der Waals surface area (Å²) in [7, 11) is 0. The molecule has 24 heavy (non-hydrogen) atoms. The van der Waals surface area contributed by atoms with Crippen LogP contribution in [0.2, 0.25) is 0 Å². The van der Waals surface area contributed by atoms with Gasteiger partial charge in [-0.2, -0.15) is 0 Å². The molecule has 0 aliphatic heterocycles. The SMILES string of the molecule is CC(C)(C)c1cc(C(=S)NC2CCCCC2)cc(C(C)(C)C)c1O. The molecule has 2 nitrogen and oxygen atoms in total. The highest BCUT2D eigenvalue weighted by molar-refractivity contribution is 7.80. The quantitative estimate of drug-likeness (QED) is 0.684. The molecule has 0 heterocycles. The summed E-state index contributed by atoms with van der Waals surface area (Å²) in [4.78, 5) is 0.818. The van der Waals surface area contributed by atoms with Crippen LogP contribution >= 0.6 is 12.2 Å². The van der Waals surface area contributed by atoms with Crippen LogP contribution < -0.4 is 5.32 Å². The van der Waals surface area contributed by atoms with Crippen molar-refractivity contribution >= 4 is 17.2 Å². The van der Waals surface area contributed by atoms with Crippen LogP contribution in [0, 0.1) is 0 Å². The van der Waals surface area contributed by atoms with E-state index in [1.54, 1.807) is 0 Å². The molecule has 0 bridgehead atoms. The lowest BCUT2D eigenvalue weighted by molar-refractivity contribution is 0.414. The van der Waals surface area contributed by atoms with Gasteiger partial charge in [0.1, 0.15) is 10.7 Å². The van der Waals surface area contributed by atoms with Gasteiger partial charge in [-0.3, -0.25) is 0 Å². The molecule has 0 amide bonds. The van der Waals surface area contributed by atoms with Crippen molar-refractivity contribution in [2.24, 2.45) is 0 Å². The molecule has 3 heteroatoms. The summed E-state index contributed by atoms with van der Waals surface area (Å²) >= 11 is 5.72. The van der Waals surface area contributed by atoms with E-state index >= 15 is 0 Å². The molecule has 0 saturated heterocycles. The van der Waals surface area contributed by atoms with Crippen molar-refractivity contribution < 1.29 is 5.11 Å². The molecule has 0 atom stereocenters. The van der Waals surface area contributed by atoms with Crippen LogP contribution in [0.15, 0.2) is 12.1 Å². The number of hydrogen-bond acceptors (Lipinski definition) is 2. The average molecular weight is 348 g/mol. The first-order chi connectivity index (χ1) is 11.0. The van der Waals surface area contributed by atoms with Gasteiger partial charge in [-0.15, -0.1) is 0 Å². The van der Waals surface area contributed by atoms with E-state index in [4.69, 9.17) is 12.2 Å². The first-order valence-electron chi connectivity index (χ1n) is 9.19. The molecule has 2 rings (SSSR count). The van der Waals surface area contributed by atoms with Gasteiger partial charge in [0.2, 0.25) is 0 Å². The fourth-order valence-corrected chi connectivity index (χ4v) is 3.71. The predicted molar refractivity (Wildman–Crippen MR) is 107 cm³/mol. The summed E-state index contributed by atoms with van der Waals surface area (Å²) in [6.07, 6.45) is 6.33. The number of hydrogen-bond donors (Lipinski definition) is 2. The van der Waals surface area contributed by atoms with E-state index < -0.39 is 0 Å². The van der Waals surface area contributed by atoms with E-state index in [1.165, 1.54) is 32.1 Å². The maximum absolute atomic E-state index is 10.8. The Morgan fingerprint density at radius 3 is 1.83 bits per heavy atom. The lowest BCUT2D eigenvalue weighted by atomic mass is 9.78. The molecule has 2 N–H and O–H groups in total. The Kier molecular flexibility index (Phi) is 5.64. The van der Waals surface area contributed by atoms with Crippen molar-refractivity contribution in [3.8, 4) is 5.75 Å². The van der Waals surface area contributed by atoms with Crippen molar-refractivity contribution in [2.45, 2.75) is 90.5 Å². The van der Waals surface area contributed by atoms with Gasteiger partial charge in [0.25, 0.3) is 0 Å². The third-order valence-corrected chi connectivity index (χ3v) is 5.28. The number of phenols is 1. The van der Waals surface area contributed by atoms with Crippen molar-refractivity contribution in [1.82, 2.24) is 5.32 Å². The molecule has 1 aliphatic rings. The smallest absolute Gasteiger partial charge is 0.123 e. The largest absolute Gasteiger partial charge is 0.507 e. The predicted octanol–water partition coefficient (Wildman–Crippen LogP) is 5.59. The van der Waals surface area contributed by atoms with Crippen LogP contribution in [-0.4, -0.2) is 16.1 Å². The number of rotatable bonds is 2. The molecule has 0 unspecified atom stereocenters. The zero-order chi connectivity index (χ0) is 18.1. The Hall–Kier alpha value is -1.09. The van der Waals surface area contributed by atoms with Crippen LogP contribution in [0.4, 0.5) is 0 Å². The Morgan fingerprint density at radius 2 is 1.42 bits per heavy atom. The van der Waals surface area contributed by atoms with Crippen molar-refractivity contribution in [3.05, 3.63) is 28.8 Å². The fourth-order valence-electron chi connectivity index (χ4n) is 3.42. The molecular formula is C21H33NOS. The normalized spacial score (nSPS) is 16.9. The standard InChI is InChI=1S/C21H33NOS/c1-20(2,3)16-12-14(13-17(18(16)23)21(4,5)6)19(24)22-15-10-8-7-9-11-15/h12-13,15,23H,7-11H2,1-6H3,(H,22,24). The summed E-state index contributed by atoms with van der Waals surface area (Å²) in [5.41, 5.74) is 2.72. The number of aromatic hydroxyl groups is 1. The number of thiocarbonyl (C=S) groups is 1. The first kappa shape index (κ1) is 19.2. The zero-order valence-electron chi connectivity index (χ0n) is 16.1. The maximum atomic E-state index is 10.8. The second-order valence-electron chi connectivity index (χ2n) is 9.23. The van der Waals surface area contributed by atoms with Gasteiger partial charge < -0.3 is 10.4 Å². The summed E-state index contributed by atoms with van der Waals surface area (Å²) in [5.74, 6) is 0.416. The highest BCUT2D eigenvalue weighted by atomic mass is 32.1. The van der Waals surface area contributed by atoms with Gasteiger partial charge >= 0.3 is 0 Å². The molecule has 1 aromatic rings. The van der Waals surface area contributed by atoms with Crippen LogP contribution in [-0.2, 0) is 10.8 Å². The Labute approximate surface area is 153 Å². The first-order valence-corrected chi connectivity index (χ1v) is 9.60. The van der Waals surface area contributed by atoms with Gasteiger partial charge in [0.15, 0.2) is 0 Å². The third-order valence-electron chi connectivity index (χ3n) is 4.93. The Morgan fingerprint density at radius 1 is 0.958 bits per heavy atom. The van der Waals surface area contributed by atoms with Crippen LogP contribution in [0.1, 0.15) is 90.3 Å². The van der Waals surface area contributed by atoms with Gasteiger partial charge in [-0.05, 0) is 35.8 Å². The molecule has 0 spiro atoms. The minimum absolute atomic E-state index is 0.124. The minimum Gasteiger partial charge on any atom is -0.507 e. The lowest BCUT2D eigenvalue weighted by Crippen LogP contribution is -2.36. The topological polar surface area (TPSA) is 32.3 Å². The summed E-state index contributed by atoms with van der Waals surface area (Å²) in [5, 5.41) is 14.4. The minimum atomic E-state index is -0.124.